The molecule has 0 unspecified atom stereocenters. The molecule has 0 aromatic carbocycles. The average molecular weight is 199 g/mol. The van der Waals surface area contributed by atoms with Gasteiger partial charge in [0.2, 0.25) is 0 Å². The normalized spacial score (nSPS) is 25.6. The Labute approximate surface area is 79.6 Å². The van der Waals surface area contributed by atoms with Gasteiger partial charge in [0.25, 0.3) is 0 Å². The molecule has 1 aromatic heterocycles. The van der Waals surface area contributed by atoms with E-state index in [9.17, 15) is 4.79 Å². The molecular formula is C8H7ClN2O2. The third kappa shape index (κ3) is 1.62. The molecule has 1 aromatic rings. The standard InChI is InChI=1S/C8H7ClN2O2/c9-7-3-10-6(2-11-7)4-1-5(4)8(12)13/h2-5H,1H2,(H,12,13)/t4-,5-/m0/s1. The molecule has 0 radical (unpaired) electrons. The number of hydrogen-bond acceptors (Lipinski definition) is 3. The number of carboxylic acids is 1. The first-order chi connectivity index (χ1) is 6.18. The molecule has 5 heteroatoms. The molecule has 1 heterocycles. The molecule has 0 saturated heterocycles. The van der Waals surface area contributed by atoms with E-state index >= 15 is 0 Å². The van der Waals surface area contributed by atoms with Crippen molar-refractivity contribution < 1.29 is 9.90 Å². The van der Waals surface area contributed by atoms with Crippen LogP contribution in [-0.4, -0.2) is 21.0 Å². The van der Waals surface area contributed by atoms with Gasteiger partial charge in [-0.25, -0.2) is 4.98 Å². The van der Waals surface area contributed by atoms with Crippen molar-refractivity contribution in [2.45, 2.75) is 12.3 Å². The number of halogens is 1. The summed E-state index contributed by atoms with van der Waals surface area (Å²) in [5.74, 6) is -1.01. The molecule has 2 rings (SSSR count). The van der Waals surface area contributed by atoms with Gasteiger partial charge in [0.05, 0.1) is 24.0 Å². The molecular weight excluding hydrogens is 192 g/mol. The molecule has 68 valence electrons. The fraction of sp³-hybridized carbons (Fsp3) is 0.375. The first kappa shape index (κ1) is 8.44. The minimum absolute atomic E-state index is 0.0299. The Balaban J connectivity index is 2.12. The van der Waals surface area contributed by atoms with Crippen LogP contribution in [0.1, 0.15) is 18.0 Å². The molecule has 2 atom stereocenters. The Kier molecular flexibility index (Phi) is 1.92. The molecule has 0 spiro atoms. The second kappa shape index (κ2) is 2.96. The van der Waals surface area contributed by atoms with Crippen molar-refractivity contribution >= 4 is 17.6 Å². The van der Waals surface area contributed by atoms with Crippen LogP contribution >= 0.6 is 11.6 Å². The van der Waals surface area contributed by atoms with Crippen molar-refractivity contribution in [2.24, 2.45) is 5.92 Å². The number of carboxylic acid groups (broad SMARTS) is 1. The summed E-state index contributed by atoms with van der Waals surface area (Å²) in [5, 5.41) is 9.00. The zero-order valence-corrected chi connectivity index (χ0v) is 7.40. The summed E-state index contributed by atoms with van der Waals surface area (Å²) in [5.41, 5.74) is 0.719. The van der Waals surface area contributed by atoms with E-state index in [0.29, 0.717) is 11.6 Å². The Morgan fingerprint density at radius 3 is 2.77 bits per heavy atom. The summed E-state index contributed by atoms with van der Waals surface area (Å²) in [7, 11) is 0. The Morgan fingerprint density at radius 2 is 2.31 bits per heavy atom. The van der Waals surface area contributed by atoms with Crippen LogP contribution in [0.2, 0.25) is 5.15 Å². The van der Waals surface area contributed by atoms with Crippen LogP contribution in [0.5, 0.6) is 0 Å². The number of aromatic nitrogens is 2. The van der Waals surface area contributed by atoms with Gasteiger partial charge in [0.1, 0.15) is 5.15 Å². The number of hydrogen-bond donors (Lipinski definition) is 1. The quantitative estimate of drug-likeness (QED) is 0.779. The zero-order valence-electron chi connectivity index (χ0n) is 6.64. The van der Waals surface area contributed by atoms with Gasteiger partial charge in [-0.05, 0) is 6.42 Å². The Morgan fingerprint density at radius 1 is 1.54 bits per heavy atom. The smallest absolute Gasteiger partial charge is 0.307 e. The lowest BCUT2D eigenvalue weighted by Crippen LogP contribution is -2.00. The van der Waals surface area contributed by atoms with Crippen molar-refractivity contribution in [3.05, 3.63) is 23.2 Å². The third-order valence-corrected chi connectivity index (χ3v) is 2.32. The molecule has 1 aliphatic carbocycles. The van der Waals surface area contributed by atoms with E-state index < -0.39 is 5.97 Å². The average Bonchev–Trinajstić information content (AvgIpc) is 2.85. The monoisotopic (exact) mass is 198 g/mol. The van der Waals surface area contributed by atoms with Gasteiger partial charge in [-0.3, -0.25) is 9.78 Å². The number of aliphatic carboxylic acids is 1. The van der Waals surface area contributed by atoms with Crippen LogP contribution in [0.3, 0.4) is 0 Å². The summed E-state index contributed by atoms with van der Waals surface area (Å²) >= 11 is 5.55. The summed E-state index contributed by atoms with van der Waals surface area (Å²) in [6.07, 6.45) is 3.63. The highest BCUT2D eigenvalue weighted by Gasteiger charge is 2.45. The van der Waals surface area contributed by atoms with Crippen LogP contribution < -0.4 is 0 Å². The molecule has 1 saturated carbocycles. The van der Waals surface area contributed by atoms with Gasteiger partial charge >= 0.3 is 5.97 Å². The van der Waals surface area contributed by atoms with E-state index in [1.54, 1.807) is 0 Å². The van der Waals surface area contributed by atoms with Gasteiger partial charge in [-0.15, -0.1) is 0 Å². The van der Waals surface area contributed by atoms with Gasteiger partial charge in [-0.2, -0.15) is 0 Å². The summed E-state index contributed by atoms with van der Waals surface area (Å²) < 4.78 is 0. The molecule has 1 fully saturated rings. The van der Waals surface area contributed by atoms with Crippen LogP contribution in [0.15, 0.2) is 12.4 Å². The molecule has 0 aliphatic heterocycles. The van der Waals surface area contributed by atoms with Crippen LogP contribution in [0.4, 0.5) is 0 Å². The first-order valence-corrected chi connectivity index (χ1v) is 4.26. The maximum atomic E-state index is 10.5. The number of rotatable bonds is 2. The highest BCUT2D eigenvalue weighted by molar-refractivity contribution is 6.29. The van der Waals surface area contributed by atoms with E-state index in [2.05, 4.69) is 9.97 Å². The fourth-order valence-electron chi connectivity index (χ4n) is 1.31. The van der Waals surface area contributed by atoms with Crippen LogP contribution in [-0.2, 0) is 4.79 Å². The van der Waals surface area contributed by atoms with E-state index in [-0.39, 0.29) is 11.8 Å². The third-order valence-electron chi connectivity index (χ3n) is 2.13. The van der Waals surface area contributed by atoms with E-state index in [1.165, 1.54) is 12.4 Å². The van der Waals surface area contributed by atoms with Gasteiger partial charge < -0.3 is 5.11 Å². The van der Waals surface area contributed by atoms with E-state index in [0.717, 1.165) is 5.69 Å². The maximum absolute atomic E-state index is 10.5. The van der Waals surface area contributed by atoms with Crippen molar-refractivity contribution in [1.82, 2.24) is 9.97 Å². The van der Waals surface area contributed by atoms with Crippen LogP contribution in [0, 0.1) is 5.92 Å². The molecule has 13 heavy (non-hydrogen) atoms. The lowest BCUT2D eigenvalue weighted by Gasteiger charge is -1.95. The fourth-order valence-corrected chi connectivity index (χ4v) is 1.41. The van der Waals surface area contributed by atoms with Crippen molar-refractivity contribution in [3.8, 4) is 0 Å². The minimum Gasteiger partial charge on any atom is -0.481 e. The Hall–Kier alpha value is -1.16. The van der Waals surface area contributed by atoms with Gasteiger partial charge in [0, 0.05) is 5.92 Å². The van der Waals surface area contributed by atoms with E-state index in [1.807, 2.05) is 0 Å². The molecule has 4 nitrogen and oxygen atoms in total. The highest BCUT2D eigenvalue weighted by Crippen LogP contribution is 2.46. The highest BCUT2D eigenvalue weighted by atomic mass is 35.5. The SMILES string of the molecule is O=C(O)[C@H]1C[C@@H]1c1cnc(Cl)cn1. The lowest BCUT2D eigenvalue weighted by atomic mass is 10.2. The lowest BCUT2D eigenvalue weighted by molar-refractivity contribution is -0.138. The molecule has 1 N–H and O–H groups in total. The summed E-state index contributed by atoms with van der Waals surface area (Å²) in [4.78, 5) is 18.4. The second-order valence-corrected chi connectivity index (χ2v) is 3.44. The Bertz CT molecular complexity index is 339. The van der Waals surface area contributed by atoms with Crippen LogP contribution in [0.25, 0.3) is 0 Å². The largest absolute Gasteiger partial charge is 0.481 e. The van der Waals surface area contributed by atoms with Crippen molar-refractivity contribution in [2.75, 3.05) is 0 Å². The van der Waals surface area contributed by atoms with Gasteiger partial charge in [0.15, 0.2) is 0 Å². The summed E-state index contributed by atoms with van der Waals surface area (Å²) in [6.45, 7) is 0. The topological polar surface area (TPSA) is 63.1 Å². The van der Waals surface area contributed by atoms with Crippen molar-refractivity contribution in [1.29, 1.82) is 0 Å². The molecule has 1 aliphatic rings. The first-order valence-electron chi connectivity index (χ1n) is 3.88. The minimum atomic E-state index is -0.762. The predicted molar refractivity (Wildman–Crippen MR) is 45.5 cm³/mol. The molecule has 0 bridgehead atoms. The number of carbonyl (C=O) groups is 1. The number of nitrogens with zero attached hydrogens (tertiary/aromatic N) is 2. The second-order valence-electron chi connectivity index (χ2n) is 3.05. The molecule has 0 amide bonds. The van der Waals surface area contributed by atoms with Gasteiger partial charge in [-0.1, -0.05) is 11.6 Å². The van der Waals surface area contributed by atoms with E-state index in [4.69, 9.17) is 16.7 Å². The summed E-state index contributed by atoms with van der Waals surface area (Å²) in [6, 6.07) is 0. The maximum Gasteiger partial charge on any atom is 0.307 e. The zero-order chi connectivity index (χ0) is 9.42. The van der Waals surface area contributed by atoms with Crippen molar-refractivity contribution in [3.63, 3.8) is 0 Å². The predicted octanol–water partition coefficient (Wildman–Crippen LogP) is 1.32.